The van der Waals surface area contributed by atoms with Gasteiger partial charge in [0.25, 0.3) is 5.91 Å². The Morgan fingerprint density at radius 1 is 1.17 bits per heavy atom. The molecule has 29 heavy (non-hydrogen) atoms. The Labute approximate surface area is 182 Å². The third-order valence-corrected chi connectivity index (χ3v) is 4.74. The molecule has 0 saturated heterocycles. The summed E-state index contributed by atoms with van der Waals surface area (Å²) in [5, 5.41) is 6.41. The molecular formula is C24H37N3OS. The maximum absolute atomic E-state index is 12.6. The van der Waals surface area contributed by atoms with Crippen molar-refractivity contribution >= 4 is 30.0 Å². The second-order valence-electron chi connectivity index (χ2n) is 7.27. The van der Waals surface area contributed by atoms with Crippen molar-refractivity contribution in [2.45, 2.75) is 72.8 Å². The van der Waals surface area contributed by atoms with Crippen LogP contribution in [0.2, 0.25) is 0 Å². The number of aryl methyl sites for hydroxylation is 1. The minimum atomic E-state index is -0.0722. The maximum atomic E-state index is 12.6. The van der Waals surface area contributed by atoms with E-state index in [1.165, 1.54) is 5.56 Å². The predicted molar refractivity (Wildman–Crippen MR) is 129 cm³/mol. The van der Waals surface area contributed by atoms with Crippen LogP contribution in [0.5, 0.6) is 0 Å². The summed E-state index contributed by atoms with van der Waals surface area (Å²) in [5.74, 6) is 1.65. The quantitative estimate of drug-likeness (QED) is 0.417. The number of benzene rings is 1. The first-order valence-corrected chi connectivity index (χ1v) is 11.4. The first-order valence-electron chi connectivity index (χ1n) is 10.7. The normalized spacial score (nSPS) is 11.4. The van der Waals surface area contributed by atoms with Crippen molar-refractivity contribution in [3.8, 4) is 0 Å². The van der Waals surface area contributed by atoms with Crippen LogP contribution in [0.1, 0.15) is 81.8 Å². The molecule has 2 rings (SSSR count). The molecule has 0 aliphatic carbocycles. The van der Waals surface area contributed by atoms with Crippen LogP contribution in [0, 0.1) is 0 Å². The van der Waals surface area contributed by atoms with Crippen LogP contribution in [0.15, 0.2) is 36.5 Å². The van der Waals surface area contributed by atoms with E-state index in [1.54, 1.807) is 6.20 Å². The second-order valence-corrected chi connectivity index (χ2v) is 7.72. The van der Waals surface area contributed by atoms with E-state index in [0.717, 1.165) is 42.1 Å². The average molecular weight is 416 g/mol. The Morgan fingerprint density at radius 2 is 1.90 bits per heavy atom. The third kappa shape index (κ3) is 8.09. The van der Waals surface area contributed by atoms with Gasteiger partial charge in [-0.05, 0) is 60.8 Å². The fourth-order valence-corrected chi connectivity index (χ4v) is 3.40. The van der Waals surface area contributed by atoms with Crippen LogP contribution in [-0.4, -0.2) is 22.7 Å². The van der Waals surface area contributed by atoms with Crippen LogP contribution in [-0.2, 0) is 6.42 Å². The van der Waals surface area contributed by atoms with E-state index in [0.29, 0.717) is 5.56 Å². The summed E-state index contributed by atoms with van der Waals surface area (Å²) in [6, 6.07) is 10.5. The van der Waals surface area contributed by atoms with Gasteiger partial charge < -0.3 is 10.6 Å². The minimum absolute atomic E-state index is 0.0722. The zero-order chi connectivity index (χ0) is 21.8. The topological polar surface area (TPSA) is 54.0 Å². The van der Waals surface area contributed by atoms with Gasteiger partial charge in [0.05, 0.1) is 5.56 Å². The van der Waals surface area contributed by atoms with E-state index in [-0.39, 0.29) is 17.9 Å². The molecule has 1 aromatic heterocycles. The first kappa shape index (κ1) is 25.0. The monoisotopic (exact) mass is 415 g/mol. The van der Waals surface area contributed by atoms with Gasteiger partial charge in [-0.3, -0.25) is 4.79 Å². The molecule has 1 unspecified atom stereocenters. The summed E-state index contributed by atoms with van der Waals surface area (Å²) >= 11 is 4.23. The Kier molecular flexibility index (Phi) is 11.4. The molecule has 0 radical (unpaired) electrons. The number of carbonyl (C=O) groups is 1. The molecule has 2 aromatic rings. The number of aromatic nitrogens is 1. The van der Waals surface area contributed by atoms with Crippen molar-refractivity contribution in [1.29, 1.82) is 0 Å². The fraction of sp³-hybridized carbons (Fsp3) is 0.500. The Balaban J connectivity index is 0.00000204. The first-order chi connectivity index (χ1) is 13.9. The van der Waals surface area contributed by atoms with Gasteiger partial charge in [-0.1, -0.05) is 53.2 Å². The van der Waals surface area contributed by atoms with E-state index < -0.39 is 0 Å². The highest BCUT2D eigenvalue weighted by molar-refractivity contribution is 7.80. The van der Waals surface area contributed by atoms with Gasteiger partial charge in [-0.2, -0.15) is 12.6 Å². The molecule has 1 heterocycles. The molecular weight excluding hydrogens is 378 g/mol. The molecule has 1 aromatic carbocycles. The highest BCUT2D eigenvalue weighted by Gasteiger charge is 2.17. The van der Waals surface area contributed by atoms with Crippen molar-refractivity contribution in [3.05, 3.63) is 53.2 Å². The summed E-state index contributed by atoms with van der Waals surface area (Å²) in [4.78, 5) is 17.1. The summed E-state index contributed by atoms with van der Waals surface area (Å²) in [6.45, 7) is 12.4. The number of nitrogens with one attached hydrogen (secondary N) is 2. The molecule has 1 amide bonds. The van der Waals surface area contributed by atoms with Crippen LogP contribution >= 0.6 is 12.6 Å². The number of pyridine rings is 1. The zero-order valence-electron chi connectivity index (χ0n) is 18.7. The largest absolute Gasteiger partial charge is 0.349 e. The number of nitrogens with zero attached hydrogens (tertiary/aromatic N) is 1. The van der Waals surface area contributed by atoms with Crippen molar-refractivity contribution in [2.75, 3.05) is 11.1 Å². The lowest BCUT2D eigenvalue weighted by Gasteiger charge is -2.17. The zero-order valence-corrected chi connectivity index (χ0v) is 19.6. The lowest BCUT2D eigenvalue weighted by Crippen LogP contribution is -2.33. The molecule has 0 saturated carbocycles. The van der Waals surface area contributed by atoms with Gasteiger partial charge >= 0.3 is 0 Å². The lowest BCUT2D eigenvalue weighted by atomic mass is 9.98. The molecule has 4 nitrogen and oxygen atoms in total. The minimum Gasteiger partial charge on any atom is -0.349 e. The van der Waals surface area contributed by atoms with Crippen LogP contribution in [0.3, 0.4) is 0 Å². The van der Waals surface area contributed by atoms with E-state index in [9.17, 15) is 4.79 Å². The van der Waals surface area contributed by atoms with Gasteiger partial charge in [0.2, 0.25) is 0 Å². The number of hydrogen-bond donors (Lipinski definition) is 3. The predicted octanol–water partition coefficient (Wildman–Crippen LogP) is 6.37. The number of thiol groups is 1. The number of hydrogen-bond acceptors (Lipinski definition) is 4. The summed E-state index contributed by atoms with van der Waals surface area (Å²) < 4.78 is 0. The molecule has 0 spiro atoms. The summed E-state index contributed by atoms with van der Waals surface area (Å²) in [6.07, 6.45) is 4.70. The summed E-state index contributed by atoms with van der Waals surface area (Å²) in [7, 11) is 0. The maximum Gasteiger partial charge on any atom is 0.253 e. The molecule has 0 aliphatic heterocycles. The SMILES string of the molecule is CC.CCCc1cccc(Nc2cc(C(C)C)c(C(=O)NC(C)CCS)cn2)c1. The van der Waals surface area contributed by atoms with Crippen LogP contribution in [0.25, 0.3) is 0 Å². The Hall–Kier alpha value is -2.01. The van der Waals surface area contributed by atoms with E-state index in [4.69, 9.17) is 0 Å². The van der Waals surface area contributed by atoms with Crippen LogP contribution < -0.4 is 10.6 Å². The molecule has 5 heteroatoms. The van der Waals surface area contributed by atoms with Gasteiger partial charge in [-0.15, -0.1) is 0 Å². The second kappa shape index (κ2) is 13.3. The van der Waals surface area contributed by atoms with E-state index in [2.05, 4.69) is 67.2 Å². The lowest BCUT2D eigenvalue weighted by molar-refractivity contribution is 0.0938. The van der Waals surface area contributed by atoms with Crippen molar-refractivity contribution in [3.63, 3.8) is 0 Å². The number of amides is 1. The number of carbonyl (C=O) groups excluding carboxylic acids is 1. The van der Waals surface area contributed by atoms with Crippen molar-refractivity contribution < 1.29 is 4.79 Å². The number of anilines is 2. The van der Waals surface area contributed by atoms with Gasteiger partial charge in [-0.25, -0.2) is 4.98 Å². The van der Waals surface area contributed by atoms with Gasteiger partial charge in [0.15, 0.2) is 0 Å². The molecule has 1 atom stereocenters. The van der Waals surface area contributed by atoms with E-state index in [1.807, 2.05) is 32.9 Å². The molecule has 0 aliphatic rings. The molecule has 160 valence electrons. The average Bonchev–Trinajstić information content (AvgIpc) is 2.70. The van der Waals surface area contributed by atoms with Gasteiger partial charge in [0.1, 0.15) is 5.82 Å². The van der Waals surface area contributed by atoms with Crippen LogP contribution in [0.4, 0.5) is 11.5 Å². The highest BCUT2D eigenvalue weighted by atomic mass is 32.1. The molecule has 0 bridgehead atoms. The smallest absolute Gasteiger partial charge is 0.253 e. The van der Waals surface area contributed by atoms with Crippen molar-refractivity contribution in [2.24, 2.45) is 0 Å². The Bertz CT molecular complexity index is 762. The molecule has 0 fully saturated rings. The molecule has 2 N–H and O–H groups in total. The van der Waals surface area contributed by atoms with Crippen molar-refractivity contribution in [1.82, 2.24) is 10.3 Å². The highest BCUT2D eigenvalue weighted by Crippen LogP contribution is 2.24. The fourth-order valence-electron chi connectivity index (χ4n) is 3.02. The van der Waals surface area contributed by atoms with Gasteiger partial charge in [0, 0.05) is 17.9 Å². The standard InChI is InChI=1S/C22H31N3OS.C2H6/c1-5-7-17-8-6-9-18(12-17)25-21-13-19(15(2)3)20(14-23-21)22(26)24-16(4)10-11-27;1-2/h6,8-9,12-16,27H,5,7,10-11H2,1-4H3,(H,23,25)(H,24,26);1-2H3. The van der Waals surface area contributed by atoms with E-state index >= 15 is 0 Å². The third-order valence-electron chi connectivity index (χ3n) is 4.48. The summed E-state index contributed by atoms with van der Waals surface area (Å²) in [5.41, 5.74) is 3.96. The Morgan fingerprint density at radius 3 is 2.52 bits per heavy atom. The number of rotatable bonds is 9.